The summed E-state index contributed by atoms with van der Waals surface area (Å²) in [5.41, 5.74) is 0.285. The predicted molar refractivity (Wildman–Crippen MR) is 59.4 cm³/mol. The van der Waals surface area contributed by atoms with Crippen LogP contribution < -0.4 is 0 Å². The third-order valence-corrected chi connectivity index (χ3v) is 2.94. The quantitative estimate of drug-likeness (QED) is 0.798. The van der Waals surface area contributed by atoms with Crippen LogP contribution in [0.25, 0.3) is 0 Å². The normalized spacial score (nSPS) is 11.3. The Balaban J connectivity index is 3.06. The van der Waals surface area contributed by atoms with Crippen LogP contribution in [0, 0.1) is 6.92 Å². The van der Waals surface area contributed by atoms with Crippen molar-refractivity contribution in [1.82, 2.24) is 0 Å². The number of hydrogen-bond acceptors (Lipinski definition) is 2. The van der Waals surface area contributed by atoms with Crippen LogP contribution in [0.1, 0.15) is 18.1 Å². The molecule has 0 N–H and O–H groups in total. The van der Waals surface area contributed by atoms with Crippen LogP contribution in [0.4, 0.5) is 8.78 Å². The Kier molecular flexibility index (Phi) is 4.02. The summed E-state index contributed by atoms with van der Waals surface area (Å²) in [5.74, 6) is -5.11. The summed E-state index contributed by atoms with van der Waals surface area (Å²) in [5, 5.41) is 0. The van der Waals surface area contributed by atoms with Crippen LogP contribution in [0.15, 0.2) is 22.7 Å². The zero-order chi connectivity index (χ0) is 12.3. The molecular weight excluding hydrogens is 282 g/mol. The summed E-state index contributed by atoms with van der Waals surface area (Å²) in [7, 11) is 0. The lowest BCUT2D eigenvalue weighted by Gasteiger charge is -2.15. The highest BCUT2D eigenvalue weighted by Crippen LogP contribution is 2.31. The maximum atomic E-state index is 13.6. The van der Waals surface area contributed by atoms with Crippen molar-refractivity contribution in [3.63, 3.8) is 0 Å². The highest BCUT2D eigenvalue weighted by molar-refractivity contribution is 9.10. The number of aryl methyl sites for hydroxylation is 1. The molecule has 16 heavy (non-hydrogen) atoms. The molecule has 0 aliphatic heterocycles. The van der Waals surface area contributed by atoms with E-state index in [4.69, 9.17) is 0 Å². The zero-order valence-electron chi connectivity index (χ0n) is 8.89. The van der Waals surface area contributed by atoms with Gasteiger partial charge in [-0.3, -0.25) is 0 Å². The molecule has 0 saturated carbocycles. The zero-order valence-corrected chi connectivity index (χ0v) is 10.5. The molecule has 0 radical (unpaired) electrons. The molecule has 0 atom stereocenters. The number of carbonyl (C=O) groups is 1. The van der Waals surface area contributed by atoms with Gasteiger partial charge in [-0.1, -0.05) is 22.0 Å². The molecule has 0 fully saturated rings. The highest BCUT2D eigenvalue weighted by atomic mass is 79.9. The third-order valence-electron chi connectivity index (χ3n) is 2.05. The fourth-order valence-corrected chi connectivity index (χ4v) is 1.43. The van der Waals surface area contributed by atoms with E-state index in [9.17, 15) is 13.6 Å². The van der Waals surface area contributed by atoms with Gasteiger partial charge in [0.05, 0.1) is 6.61 Å². The summed E-state index contributed by atoms with van der Waals surface area (Å²) >= 11 is 3.20. The van der Waals surface area contributed by atoms with Crippen molar-refractivity contribution in [3.05, 3.63) is 33.8 Å². The first-order valence-electron chi connectivity index (χ1n) is 4.71. The summed E-state index contributed by atoms with van der Waals surface area (Å²) in [4.78, 5) is 11.1. The molecule has 1 aromatic rings. The number of hydrogen-bond donors (Lipinski definition) is 0. The van der Waals surface area contributed by atoms with Gasteiger partial charge in [0.2, 0.25) is 0 Å². The van der Waals surface area contributed by atoms with Crippen LogP contribution >= 0.6 is 15.9 Å². The van der Waals surface area contributed by atoms with Crippen molar-refractivity contribution < 1.29 is 18.3 Å². The topological polar surface area (TPSA) is 26.3 Å². The Morgan fingerprint density at radius 3 is 2.62 bits per heavy atom. The van der Waals surface area contributed by atoms with Crippen LogP contribution in [-0.4, -0.2) is 12.6 Å². The van der Waals surface area contributed by atoms with Crippen molar-refractivity contribution in [2.75, 3.05) is 6.61 Å². The Morgan fingerprint density at radius 2 is 2.12 bits per heavy atom. The van der Waals surface area contributed by atoms with Crippen molar-refractivity contribution >= 4 is 21.9 Å². The van der Waals surface area contributed by atoms with Crippen LogP contribution in [-0.2, 0) is 15.5 Å². The molecule has 0 unspecified atom stereocenters. The minimum atomic E-state index is -3.60. The van der Waals surface area contributed by atoms with Gasteiger partial charge < -0.3 is 4.74 Å². The molecule has 2 nitrogen and oxygen atoms in total. The van der Waals surface area contributed by atoms with Crippen molar-refractivity contribution in [1.29, 1.82) is 0 Å². The van der Waals surface area contributed by atoms with E-state index in [1.54, 1.807) is 6.92 Å². The summed E-state index contributed by atoms with van der Waals surface area (Å²) < 4.78 is 32.2. The van der Waals surface area contributed by atoms with Crippen LogP contribution in [0.5, 0.6) is 0 Å². The molecule has 0 aliphatic rings. The monoisotopic (exact) mass is 292 g/mol. The smallest absolute Gasteiger partial charge is 0.381 e. The van der Waals surface area contributed by atoms with Crippen molar-refractivity contribution in [2.24, 2.45) is 0 Å². The fourth-order valence-electron chi connectivity index (χ4n) is 1.18. The Morgan fingerprint density at radius 1 is 1.50 bits per heavy atom. The summed E-state index contributed by atoms with van der Waals surface area (Å²) in [6.45, 7) is 3.10. The fraction of sp³-hybridized carbons (Fsp3) is 0.364. The lowest BCUT2D eigenvalue weighted by atomic mass is 10.1. The number of alkyl halides is 2. The molecule has 0 saturated heterocycles. The number of carbonyl (C=O) groups excluding carboxylic acids is 1. The van der Waals surface area contributed by atoms with Crippen molar-refractivity contribution in [3.8, 4) is 0 Å². The van der Waals surface area contributed by atoms with E-state index in [2.05, 4.69) is 20.7 Å². The van der Waals surface area contributed by atoms with E-state index < -0.39 is 11.9 Å². The standard InChI is InChI=1S/C11H11BrF2O2/c1-3-16-10(15)11(13,14)8-4-5-9(12)7(2)6-8/h4-6H,3H2,1-2H3. The number of halogens is 3. The molecule has 0 bridgehead atoms. The SMILES string of the molecule is CCOC(=O)C(F)(F)c1ccc(Br)c(C)c1. The Labute approximate surface area is 101 Å². The second kappa shape index (κ2) is 4.91. The maximum absolute atomic E-state index is 13.6. The van der Waals surface area contributed by atoms with Crippen LogP contribution in [0.2, 0.25) is 0 Å². The lowest BCUT2D eigenvalue weighted by Crippen LogP contribution is -2.28. The maximum Gasteiger partial charge on any atom is 0.381 e. The summed E-state index contributed by atoms with van der Waals surface area (Å²) in [6.07, 6.45) is 0. The molecule has 0 amide bonds. The van der Waals surface area contributed by atoms with Gasteiger partial charge in [-0.25, -0.2) is 4.79 Å². The second-order valence-corrected chi connectivity index (χ2v) is 4.11. The van der Waals surface area contributed by atoms with E-state index in [1.807, 2.05) is 0 Å². The molecule has 0 aromatic heterocycles. The Bertz CT molecular complexity index is 405. The average molecular weight is 293 g/mol. The van der Waals surface area contributed by atoms with Gasteiger partial charge in [-0.15, -0.1) is 0 Å². The number of benzene rings is 1. The van der Waals surface area contributed by atoms with Gasteiger partial charge in [-0.05, 0) is 31.5 Å². The van der Waals surface area contributed by atoms with E-state index in [0.717, 1.165) is 4.47 Å². The summed E-state index contributed by atoms with van der Waals surface area (Å²) in [6, 6.07) is 3.95. The second-order valence-electron chi connectivity index (χ2n) is 3.26. The first-order valence-corrected chi connectivity index (χ1v) is 5.50. The molecule has 88 valence electrons. The molecule has 0 spiro atoms. The van der Waals surface area contributed by atoms with E-state index >= 15 is 0 Å². The molecule has 1 aromatic carbocycles. The van der Waals surface area contributed by atoms with Gasteiger partial charge in [0.1, 0.15) is 0 Å². The van der Waals surface area contributed by atoms with Gasteiger partial charge in [-0.2, -0.15) is 8.78 Å². The third kappa shape index (κ3) is 2.58. The first-order chi connectivity index (χ1) is 7.39. The molecule has 0 heterocycles. The number of esters is 1. The van der Waals surface area contributed by atoms with Gasteiger partial charge in [0, 0.05) is 10.0 Å². The largest absolute Gasteiger partial charge is 0.461 e. The predicted octanol–water partition coefficient (Wildman–Crippen LogP) is 3.41. The molecule has 1 rings (SSSR count). The van der Waals surface area contributed by atoms with E-state index in [-0.39, 0.29) is 12.2 Å². The Hall–Kier alpha value is -0.970. The highest BCUT2D eigenvalue weighted by Gasteiger charge is 2.42. The number of ether oxygens (including phenoxy) is 1. The minimum absolute atomic E-state index is 0.0655. The van der Waals surface area contributed by atoms with Gasteiger partial charge in [0.25, 0.3) is 0 Å². The average Bonchev–Trinajstić information content (AvgIpc) is 2.22. The van der Waals surface area contributed by atoms with E-state index in [1.165, 1.54) is 25.1 Å². The number of rotatable bonds is 3. The first kappa shape index (κ1) is 13.1. The van der Waals surface area contributed by atoms with Crippen LogP contribution in [0.3, 0.4) is 0 Å². The van der Waals surface area contributed by atoms with Gasteiger partial charge >= 0.3 is 11.9 Å². The van der Waals surface area contributed by atoms with E-state index in [0.29, 0.717) is 5.56 Å². The van der Waals surface area contributed by atoms with Gasteiger partial charge in [0.15, 0.2) is 0 Å². The molecule has 5 heteroatoms. The molecular formula is C11H11BrF2O2. The minimum Gasteiger partial charge on any atom is -0.461 e. The lowest BCUT2D eigenvalue weighted by molar-refractivity contribution is -0.173. The molecule has 0 aliphatic carbocycles. The van der Waals surface area contributed by atoms with Crippen molar-refractivity contribution in [2.45, 2.75) is 19.8 Å².